The maximum atomic E-state index is 15.4. The number of aliphatic hydroxyl groups excluding tert-OH is 4. The molecule has 13 N–H and O–H groups in total. The molecule has 26 heteroatoms. The molecule has 6 amide bonds. The summed E-state index contributed by atoms with van der Waals surface area (Å²) in [5.74, 6) is -5.42. The van der Waals surface area contributed by atoms with Gasteiger partial charge in [0.05, 0.1) is 61.3 Å². The molecule has 0 spiro atoms. The van der Waals surface area contributed by atoms with E-state index in [4.69, 9.17) is 24.9 Å². The number of amides is 6. The fourth-order valence-electron chi connectivity index (χ4n) is 10.8. The highest BCUT2D eigenvalue weighted by Crippen LogP contribution is 2.47. The van der Waals surface area contributed by atoms with E-state index in [9.17, 15) is 63.9 Å². The average Bonchev–Trinajstić information content (AvgIpc) is 2.53. The number of cyclic esters (lactones) is 1. The molecule has 0 saturated carbocycles. The average molecular weight is 1130 g/mol. The molecule has 3 aliphatic heterocycles. The van der Waals surface area contributed by atoms with Gasteiger partial charge in [-0.05, 0) is 79.7 Å². The van der Waals surface area contributed by atoms with Crippen LogP contribution in [0, 0.1) is 12.7 Å². The maximum Gasteiger partial charge on any atom is 0.343 e. The number of aryl methyl sites for hydroxylation is 1. The van der Waals surface area contributed by atoms with Gasteiger partial charge in [-0.3, -0.25) is 33.6 Å². The van der Waals surface area contributed by atoms with Crippen molar-refractivity contribution in [2.75, 3.05) is 46.1 Å². The molecule has 0 radical (unpaired) electrons. The predicted octanol–water partition coefficient (Wildman–Crippen LogP) is -2.43. The van der Waals surface area contributed by atoms with Crippen molar-refractivity contribution >= 4 is 52.3 Å². The summed E-state index contributed by atoms with van der Waals surface area (Å²) in [5.41, 5.74) is 9.10. The van der Waals surface area contributed by atoms with Gasteiger partial charge < -0.3 is 81.9 Å². The number of aromatic nitrogens is 2. The number of carbonyl (C=O) groups excluding carboxylic acids is 7. The summed E-state index contributed by atoms with van der Waals surface area (Å²) < 4.78 is 33.3. The number of rotatable bonds is 24. The fourth-order valence-corrected chi connectivity index (χ4v) is 10.8. The molecule has 25 nitrogen and oxygen atoms in total. The van der Waals surface area contributed by atoms with Crippen LogP contribution in [0.25, 0.3) is 22.3 Å². The minimum atomic E-state index is -2.01. The minimum Gasteiger partial charge on any atom is -0.458 e. The Morgan fingerprint density at radius 1 is 0.889 bits per heavy atom. The maximum absolute atomic E-state index is 15.4. The van der Waals surface area contributed by atoms with Crippen molar-refractivity contribution in [3.63, 3.8) is 0 Å². The third kappa shape index (κ3) is 13.2. The van der Waals surface area contributed by atoms with Gasteiger partial charge in [-0.1, -0.05) is 37.3 Å². The fraction of sp³-hybridized carbons (Fsp3) is 0.509. The number of halogens is 1. The zero-order valence-electron chi connectivity index (χ0n) is 44.8. The van der Waals surface area contributed by atoms with Gasteiger partial charge >= 0.3 is 5.97 Å². The molecule has 4 aliphatic rings. The lowest BCUT2D eigenvalue weighted by molar-refractivity contribution is -0.227. The van der Waals surface area contributed by atoms with E-state index in [1.165, 1.54) is 6.07 Å². The van der Waals surface area contributed by atoms with Crippen molar-refractivity contribution in [3.8, 4) is 11.4 Å². The summed E-state index contributed by atoms with van der Waals surface area (Å²) in [4.78, 5) is 109. The van der Waals surface area contributed by atoms with E-state index >= 15 is 4.39 Å². The highest BCUT2D eigenvalue weighted by Gasteiger charge is 2.46. The van der Waals surface area contributed by atoms with Crippen LogP contribution in [0.3, 0.4) is 0 Å². The lowest BCUT2D eigenvalue weighted by atomic mass is 9.76. The molecule has 2 aromatic carbocycles. The van der Waals surface area contributed by atoms with Gasteiger partial charge in [-0.15, -0.1) is 0 Å². The quantitative estimate of drug-likeness (QED) is 0.0174. The number of hydrogen-bond acceptors (Lipinski definition) is 18. The first kappa shape index (κ1) is 59.8. The van der Waals surface area contributed by atoms with Gasteiger partial charge in [0.15, 0.2) is 5.60 Å². The zero-order chi connectivity index (χ0) is 58.3. The second-order valence-corrected chi connectivity index (χ2v) is 20.7. The molecule has 0 bridgehead atoms. The smallest absolute Gasteiger partial charge is 0.343 e. The monoisotopic (exact) mass is 1130 g/mol. The minimum absolute atomic E-state index is 0.0127. The lowest BCUT2D eigenvalue weighted by Gasteiger charge is -2.40. The molecule has 1 fully saturated rings. The van der Waals surface area contributed by atoms with Crippen LogP contribution < -0.4 is 43.2 Å². The number of nitrogens with two attached hydrogens (primary N) is 1. The van der Waals surface area contributed by atoms with Crippen LogP contribution in [0.5, 0.6) is 0 Å². The molecule has 436 valence electrons. The molecule has 5 heterocycles. The lowest BCUT2D eigenvalue weighted by Crippen LogP contribution is -2.60. The molecular formula is C55H68FN9O16. The van der Waals surface area contributed by atoms with E-state index in [-0.39, 0.29) is 75.8 Å². The number of esters is 1. The van der Waals surface area contributed by atoms with Gasteiger partial charge in [0, 0.05) is 48.6 Å². The van der Waals surface area contributed by atoms with Gasteiger partial charge in [0.2, 0.25) is 35.4 Å². The number of aliphatic hydroxyl groups is 5. The molecule has 8 rings (SSSR count). The van der Waals surface area contributed by atoms with E-state index < -0.39 is 127 Å². The number of pyridine rings is 2. The van der Waals surface area contributed by atoms with Crippen LogP contribution in [0.15, 0.2) is 47.3 Å². The first-order valence-corrected chi connectivity index (χ1v) is 26.9. The number of fused-ring (bicyclic) bond motifs is 5. The Kier molecular flexibility index (Phi) is 19.3. The van der Waals surface area contributed by atoms with E-state index in [0.717, 1.165) is 22.1 Å². The second-order valence-electron chi connectivity index (χ2n) is 20.7. The number of ether oxygens (including phenoxy) is 3. The van der Waals surface area contributed by atoms with Crippen LogP contribution in [0.1, 0.15) is 90.3 Å². The third-order valence-corrected chi connectivity index (χ3v) is 15.4. The molecule has 4 aromatic rings. The Hall–Kier alpha value is -7.30. The third-order valence-electron chi connectivity index (χ3n) is 15.4. The summed E-state index contributed by atoms with van der Waals surface area (Å²) in [6.45, 7) is 0.811. The van der Waals surface area contributed by atoms with Crippen LogP contribution in [0.2, 0.25) is 0 Å². The van der Waals surface area contributed by atoms with Crippen molar-refractivity contribution in [1.82, 2.24) is 41.5 Å². The van der Waals surface area contributed by atoms with Crippen LogP contribution in [-0.4, -0.2) is 165 Å². The van der Waals surface area contributed by atoms with Crippen molar-refractivity contribution < 1.29 is 77.7 Å². The van der Waals surface area contributed by atoms with E-state index in [2.05, 4.69) is 31.9 Å². The first-order chi connectivity index (χ1) is 38.7. The Balaban J connectivity index is 0.771. The second kappa shape index (κ2) is 26.1. The molecule has 1 saturated heterocycles. The van der Waals surface area contributed by atoms with E-state index in [1.807, 2.05) is 0 Å². The largest absolute Gasteiger partial charge is 0.458 e. The Labute approximate surface area is 463 Å². The summed E-state index contributed by atoms with van der Waals surface area (Å²) in [6.07, 6.45) is -4.89. The number of nitrogens with zero attached hydrogens (tertiary/aromatic N) is 2. The van der Waals surface area contributed by atoms with Gasteiger partial charge in [-0.25, -0.2) is 14.2 Å². The predicted molar refractivity (Wildman–Crippen MR) is 284 cm³/mol. The van der Waals surface area contributed by atoms with Crippen LogP contribution in [-0.2, 0) is 79.4 Å². The molecule has 1 aliphatic carbocycles. The zero-order valence-corrected chi connectivity index (χ0v) is 44.8. The molecule has 2 aromatic heterocycles. The van der Waals surface area contributed by atoms with Gasteiger partial charge in [0.25, 0.3) is 5.56 Å². The summed E-state index contributed by atoms with van der Waals surface area (Å²) in [5, 5.41) is 66.4. The highest BCUT2D eigenvalue weighted by molar-refractivity contribution is 5.95. The highest BCUT2D eigenvalue weighted by atomic mass is 19.1. The first-order valence-electron chi connectivity index (χ1n) is 26.9. The Bertz CT molecular complexity index is 3120. The summed E-state index contributed by atoms with van der Waals surface area (Å²) >= 11 is 0. The van der Waals surface area contributed by atoms with Crippen molar-refractivity contribution in [2.24, 2.45) is 5.73 Å². The Morgan fingerprint density at radius 2 is 1.59 bits per heavy atom. The van der Waals surface area contributed by atoms with E-state index in [0.29, 0.717) is 53.7 Å². The van der Waals surface area contributed by atoms with Crippen LogP contribution >= 0.6 is 0 Å². The summed E-state index contributed by atoms with van der Waals surface area (Å²) in [7, 11) is 0. The molecular weight excluding hydrogens is 1060 g/mol. The van der Waals surface area contributed by atoms with Crippen LogP contribution in [0.4, 0.5) is 4.39 Å². The molecule has 81 heavy (non-hydrogen) atoms. The SMILES string of the molecule is CC[C@@]1(O)C(=O)OCc2c1cc1n(c2=O)Cc2c-1nc1cc(F)c(C)c3c1c2C(CCCOCNC(=O)CNC(=O)[C@H](Cc1ccccc1)NC(=O)CNC(=O)CNC(=O)[C@@H](N)CCC(=O)NC[C@@H]1O[C@H](CO)[C@@H](O)[C@H](O)[C@H]1O)CC3. The standard InChI is InChI=1S/C55H68FN9O16/c1-3-55(78)33-17-38-47-31(23-65(38)53(76)32(33)25-80-54(55)77)45-29(11-12-30-27(2)34(56)18-36(64-47)46(30)45)10-7-15-79-26-62-43(69)21-61-52(75)37(16-28-8-5-4-6-9-28)63-44(70)22-59-42(68)20-60-51(74)35(57)13-14-41(67)58-19-39-48(71)50(73)49(72)40(24-66)81-39/h4-6,8-9,17-18,29,35,37,39-40,48-50,66,71-73,78H,3,7,10-16,19-26,57H2,1-2H3,(H,58,67)(H,59,68)(H,60,74)(H,61,75)(H,62,69)(H,63,70)/t29?,35-,37-,39-,40+,48-,49+,50+,55-/m0/s1. The Morgan fingerprint density at radius 3 is 2.32 bits per heavy atom. The number of benzene rings is 2. The summed E-state index contributed by atoms with van der Waals surface area (Å²) in [6, 6.07) is 9.39. The van der Waals surface area contributed by atoms with Crippen molar-refractivity contribution in [1.29, 1.82) is 0 Å². The number of carbonyl (C=O) groups is 7. The number of nitrogens with one attached hydrogen (secondary N) is 6. The van der Waals surface area contributed by atoms with Crippen molar-refractivity contribution in [3.05, 3.63) is 97.6 Å². The normalized spacial score (nSPS) is 22.3. The van der Waals surface area contributed by atoms with Gasteiger partial charge in [0.1, 0.15) is 55.7 Å². The number of hydrogen-bond donors (Lipinski definition) is 12. The molecule has 9 atom stereocenters. The topological polar surface area (TPSA) is 381 Å². The van der Waals surface area contributed by atoms with Crippen molar-refractivity contribution in [2.45, 2.75) is 132 Å². The molecule has 1 unspecified atom stereocenters. The van der Waals surface area contributed by atoms with Gasteiger partial charge in [-0.2, -0.15) is 0 Å². The van der Waals surface area contributed by atoms with E-state index in [1.54, 1.807) is 54.8 Å².